The Morgan fingerprint density at radius 1 is 1.35 bits per heavy atom. The van der Waals surface area contributed by atoms with Crippen molar-refractivity contribution >= 4 is 28.2 Å². The molecular formula is C14H15ClN2. The van der Waals surface area contributed by atoms with Crippen LogP contribution < -0.4 is 4.90 Å². The number of anilines is 1. The van der Waals surface area contributed by atoms with Crippen LogP contribution in [0.5, 0.6) is 0 Å². The van der Waals surface area contributed by atoms with Crippen LogP contribution in [0.2, 0.25) is 5.02 Å². The molecule has 2 nitrogen and oxygen atoms in total. The topological polar surface area (TPSA) is 16.1 Å². The van der Waals surface area contributed by atoms with E-state index in [9.17, 15) is 0 Å². The first-order valence-corrected chi connectivity index (χ1v) is 6.41. The molecule has 1 saturated heterocycles. The van der Waals surface area contributed by atoms with Crippen LogP contribution in [0, 0.1) is 5.92 Å². The van der Waals surface area contributed by atoms with Crippen LogP contribution in [0.4, 0.5) is 5.69 Å². The molecule has 0 N–H and O–H groups in total. The van der Waals surface area contributed by atoms with E-state index < -0.39 is 0 Å². The van der Waals surface area contributed by atoms with E-state index in [4.69, 9.17) is 11.6 Å². The van der Waals surface area contributed by atoms with Gasteiger partial charge in [0, 0.05) is 35.4 Å². The molecule has 3 rings (SSSR count). The summed E-state index contributed by atoms with van der Waals surface area (Å²) >= 11 is 6.00. The Bertz CT molecular complexity index is 553. The molecular weight excluding hydrogens is 232 g/mol. The maximum atomic E-state index is 6.00. The Morgan fingerprint density at radius 3 is 3.00 bits per heavy atom. The van der Waals surface area contributed by atoms with E-state index in [2.05, 4.69) is 28.9 Å². The zero-order chi connectivity index (χ0) is 11.8. The summed E-state index contributed by atoms with van der Waals surface area (Å²) in [5.41, 5.74) is 2.27. The van der Waals surface area contributed by atoms with Crippen LogP contribution in [0.3, 0.4) is 0 Å². The number of pyridine rings is 1. The maximum absolute atomic E-state index is 6.00. The average Bonchev–Trinajstić information content (AvgIpc) is 2.74. The predicted molar refractivity (Wildman–Crippen MR) is 72.7 cm³/mol. The summed E-state index contributed by atoms with van der Waals surface area (Å²) in [5.74, 6) is 0.783. The number of hydrogen-bond acceptors (Lipinski definition) is 2. The molecule has 2 aromatic rings. The molecule has 1 aromatic carbocycles. The van der Waals surface area contributed by atoms with Gasteiger partial charge in [0.05, 0.1) is 5.52 Å². The molecule has 3 heteroatoms. The molecule has 88 valence electrons. The fraction of sp³-hybridized carbons (Fsp3) is 0.357. The zero-order valence-electron chi connectivity index (χ0n) is 9.86. The van der Waals surface area contributed by atoms with E-state index in [0.717, 1.165) is 29.5 Å². The van der Waals surface area contributed by atoms with Gasteiger partial charge in [0.15, 0.2) is 0 Å². The molecule has 17 heavy (non-hydrogen) atoms. The first-order valence-electron chi connectivity index (χ1n) is 6.03. The third kappa shape index (κ3) is 1.98. The van der Waals surface area contributed by atoms with Gasteiger partial charge in [0.1, 0.15) is 0 Å². The van der Waals surface area contributed by atoms with Crippen molar-refractivity contribution in [1.82, 2.24) is 4.98 Å². The minimum absolute atomic E-state index is 0.747. The first kappa shape index (κ1) is 10.8. The third-order valence-electron chi connectivity index (χ3n) is 3.45. The lowest BCUT2D eigenvalue weighted by Gasteiger charge is -2.20. The highest BCUT2D eigenvalue weighted by molar-refractivity contribution is 6.31. The highest BCUT2D eigenvalue weighted by Gasteiger charge is 2.20. The van der Waals surface area contributed by atoms with Gasteiger partial charge in [-0.2, -0.15) is 0 Å². The van der Waals surface area contributed by atoms with Crippen molar-refractivity contribution in [3.63, 3.8) is 0 Å². The summed E-state index contributed by atoms with van der Waals surface area (Å²) in [6.07, 6.45) is 3.15. The van der Waals surface area contributed by atoms with Crippen molar-refractivity contribution in [3.8, 4) is 0 Å². The van der Waals surface area contributed by atoms with E-state index in [1.807, 2.05) is 18.3 Å². The average molecular weight is 247 g/mol. The van der Waals surface area contributed by atoms with Crippen LogP contribution in [-0.4, -0.2) is 18.1 Å². The Labute approximate surface area is 106 Å². The number of halogens is 1. The molecule has 0 spiro atoms. The molecule has 0 bridgehead atoms. The van der Waals surface area contributed by atoms with Crippen LogP contribution in [-0.2, 0) is 0 Å². The van der Waals surface area contributed by atoms with Crippen LogP contribution >= 0.6 is 11.6 Å². The van der Waals surface area contributed by atoms with Gasteiger partial charge in [-0.3, -0.25) is 4.98 Å². The molecule has 1 aliphatic heterocycles. The Hall–Kier alpha value is -1.28. The monoisotopic (exact) mass is 246 g/mol. The standard InChI is InChI=1S/C14H15ClN2/c1-10-5-7-17(9-10)14-4-6-16-13-8-11(15)2-3-12(13)14/h2-4,6,8,10H,5,7,9H2,1H3. The fourth-order valence-electron chi connectivity index (χ4n) is 2.54. The van der Waals surface area contributed by atoms with E-state index in [1.54, 1.807) is 0 Å². The van der Waals surface area contributed by atoms with Gasteiger partial charge in [0.2, 0.25) is 0 Å². The maximum Gasteiger partial charge on any atom is 0.0737 e. The van der Waals surface area contributed by atoms with Gasteiger partial charge < -0.3 is 4.90 Å². The SMILES string of the molecule is CC1CCN(c2ccnc3cc(Cl)ccc23)C1. The lowest BCUT2D eigenvalue weighted by molar-refractivity contribution is 0.659. The molecule has 1 unspecified atom stereocenters. The number of hydrogen-bond donors (Lipinski definition) is 0. The van der Waals surface area contributed by atoms with Gasteiger partial charge in [-0.25, -0.2) is 0 Å². The quantitative estimate of drug-likeness (QED) is 0.762. The van der Waals surface area contributed by atoms with Gasteiger partial charge in [-0.1, -0.05) is 18.5 Å². The van der Waals surface area contributed by atoms with Crippen molar-refractivity contribution in [2.75, 3.05) is 18.0 Å². The highest BCUT2D eigenvalue weighted by Crippen LogP contribution is 2.30. The number of fused-ring (bicyclic) bond motifs is 1. The summed E-state index contributed by atoms with van der Waals surface area (Å²) in [6.45, 7) is 4.59. The number of benzene rings is 1. The summed E-state index contributed by atoms with van der Waals surface area (Å²) in [5, 5.41) is 1.95. The van der Waals surface area contributed by atoms with E-state index >= 15 is 0 Å². The van der Waals surface area contributed by atoms with Crippen molar-refractivity contribution in [2.45, 2.75) is 13.3 Å². The summed E-state index contributed by atoms with van der Waals surface area (Å²) in [6, 6.07) is 8.05. The normalized spacial score (nSPS) is 20.1. The highest BCUT2D eigenvalue weighted by atomic mass is 35.5. The number of aromatic nitrogens is 1. The van der Waals surface area contributed by atoms with E-state index in [0.29, 0.717) is 0 Å². The summed E-state index contributed by atoms with van der Waals surface area (Å²) < 4.78 is 0. The first-order chi connectivity index (χ1) is 8.24. The number of rotatable bonds is 1. The minimum Gasteiger partial charge on any atom is -0.371 e. The molecule has 2 heterocycles. The lowest BCUT2D eigenvalue weighted by Crippen LogP contribution is -2.19. The molecule has 0 radical (unpaired) electrons. The van der Waals surface area contributed by atoms with Crippen LogP contribution in [0.25, 0.3) is 10.9 Å². The summed E-state index contributed by atoms with van der Waals surface area (Å²) in [7, 11) is 0. The minimum atomic E-state index is 0.747. The third-order valence-corrected chi connectivity index (χ3v) is 3.68. The van der Waals surface area contributed by atoms with Gasteiger partial charge >= 0.3 is 0 Å². The van der Waals surface area contributed by atoms with Gasteiger partial charge in [-0.05, 0) is 36.6 Å². The predicted octanol–water partition coefficient (Wildman–Crippen LogP) is 3.73. The van der Waals surface area contributed by atoms with Crippen LogP contribution in [0.15, 0.2) is 30.5 Å². The van der Waals surface area contributed by atoms with Crippen molar-refractivity contribution in [2.24, 2.45) is 5.92 Å². The van der Waals surface area contributed by atoms with Crippen molar-refractivity contribution < 1.29 is 0 Å². The fourth-order valence-corrected chi connectivity index (χ4v) is 2.70. The molecule has 1 aliphatic rings. The van der Waals surface area contributed by atoms with E-state index in [1.165, 1.54) is 17.5 Å². The van der Waals surface area contributed by atoms with Gasteiger partial charge in [0.25, 0.3) is 0 Å². The Balaban J connectivity index is 2.10. The van der Waals surface area contributed by atoms with Crippen LogP contribution in [0.1, 0.15) is 13.3 Å². The molecule has 0 aliphatic carbocycles. The second-order valence-corrected chi connectivity index (χ2v) is 5.27. The van der Waals surface area contributed by atoms with Crippen molar-refractivity contribution in [3.05, 3.63) is 35.5 Å². The molecule has 1 aromatic heterocycles. The molecule has 1 atom stereocenters. The second kappa shape index (κ2) is 4.19. The Kier molecular flexibility index (Phi) is 2.67. The second-order valence-electron chi connectivity index (χ2n) is 4.83. The largest absolute Gasteiger partial charge is 0.371 e. The molecule has 1 fully saturated rings. The van der Waals surface area contributed by atoms with Gasteiger partial charge in [-0.15, -0.1) is 0 Å². The van der Waals surface area contributed by atoms with Crippen molar-refractivity contribution in [1.29, 1.82) is 0 Å². The number of nitrogens with zero attached hydrogens (tertiary/aromatic N) is 2. The molecule has 0 amide bonds. The Morgan fingerprint density at radius 2 is 2.24 bits per heavy atom. The molecule has 0 saturated carbocycles. The van der Waals surface area contributed by atoms with E-state index in [-0.39, 0.29) is 0 Å². The summed E-state index contributed by atoms with van der Waals surface area (Å²) in [4.78, 5) is 6.83. The zero-order valence-corrected chi connectivity index (χ0v) is 10.6. The lowest BCUT2D eigenvalue weighted by atomic mass is 10.1. The smallest absolute Gasteiger partial charge is 0.0737 e.